The normalized spacial score (nSPS) is 11.1. The van der Waals surface area contributed by atoms with Crippen molar-refractivity contribution in [3.63, 3.8) is 0 Å². The zero-order chi connectivity index (χ0) is 11.4. The Morgan fingerprint density at radius 1 is 0.933 bits per heavy atom. The highest BCUT2D eigenvalue weighted by atomic mass is 16.1. The van der Waals surface area contributed by atoms with E-state index in [9.17, 15) is 4.79 Å². The fourth-order valence-electron chi connectivity index (χ4n) is 1.54. The van der Waals surface area contributed by atoms with Crippen molar-refractivity contribution >= 4 is 5.78 Å². The second-order valence-electron chi connectivity index (χ2n) is 4.18. The fraction of sp³-hybridized carbons (Fsp3) is 0.786. The quantitative estimate of drug-likeness (QED) is 0.378. The first-order valence-electron chi connectivity index (χ1n) is 6.50. The summed E-state index contributed by atoms with van der Waals surface area (Å²) < 4.78 is 0. The van der Waals surface area contributed by atoms with Crippen LogP contribution in [0.25, 0.3) is 0 Å². The second-order valence-corrected chi connectivity index (χ2v) is 4.18. The Balaban J connectivity index is 3.30. The molecular weight excluding hydrogens is 184 g/mol. The van der Waals surface area contributed by atoms with Crippen molar-refractivity contribution in [1.82, 2.24) is 0 Å². The summed E-state index contributed by atoms with van der Waals surface area (Å²) >= 11 is 0. The van der Waals surface area contributed by atoms with Gasteiger partial charge in [-0.15, -0.1) is 0 Å². The molecule has 0 N–H and O–H groups in total. The molecule has 0 fully saturated rings. The van der Waals surface area contributed by atoms with Crippen molar-refractivity contribution in [3.8, 4) is 0 Å². The van der Waals surface area contributed by atoms with Gasteiger partial charge in [-0.3, -0.25) is 4.79 Å². The van der Waals surface area contributed by atoms with Crippen LogP contribution < -0.4 is 0 Å². The Morgan fingerprint density at radius 3 is 2.27 bits per heavy atom. The summed E-state index contributed by atoms with van der Waals surface area (Å²) in [6, 6.07) is 0. The lowest BCUT2D eigenvalue weighted by Crippen LogP contribution is -1.91. The summed E-state index contributed by atoms with van der Waals surface area (Å²) in [7, 11) is 0. The molecule has 0 unspecified atom stereocenters. The summed E-state index contributed by atoms with van der Waals surface area (Å²) in [6.45, 7) is 4.38. The molecule has 1 heteroatoms. The maximum absolute atomic E-state index is 11.3. The first-order chi connectivity index (χ1) is 7.31. The third-order valence-electron chi connectivity index (χ3n) is 2.55. The Morgan fingerprint density at radius 2 is 1.60 bits per heavy atom. The van der Waals surface area contributed by atoms with Gasteiger partial charge in [0.2, 0.25) is 0 Å². The van der Waals surface area contributed by atoms with E-state index in [-0.39, 0.29) is 0 Å². The molecule has 0 aromatic heterocycles. The standard InChI is InChI=1S/C14H26O/c1-3-5-7-8-9-11-13-14(15)12-10-6-4-2/h11,13H,3-10,12H2,1-2H3/b13-11+. The third kappa shape index (κ3) is 11.3. The van der Waals surface area contributed by atoms with Gasteiger partial charge in [-0.1, -0.05) is 52.0 Å². The van der Waals surface area contributed by atoms with Crippen molar-refractivity contribution in [3.05, 3.63) is 12.2 Å². The molecular formula is C14H26O. The number of hydrogen-bond donors (Lipinski definition) is 0. The minimum absolute atomic E-state index is 0.305. The van der Waals surface area contributed by atoms with Gasteiger partial charge in [0.1, 0.15) is 0 Å². The van der Waals surface area contributed by atoms with E-state index >= 15 is 0 Å². The molecule has 0 heterocycles. The Kier molecular flexibility index (Phi) is 11.0. The average Bonchev–Trinajstić information content (AvgIpc) is 2.23. The number of carbonyl (C=O) groups excluding carboxylic acids is 1. The van der Waals surface area contributed by atoms with Crippen molar-refractivity contribution in [2.24, 2.45) is 0 Å². The van der Waals surface area contributed by atoms with Gasteiger partial charge in [0.25, 0.3) is 0 Å². The van der Waals surface area contributed by atoms with Gasteiger partial charge >= 0.3 is 0 Å². The van der Waals surface area contributed by atoms with Crippen molar-refractivity contribution < 1.29 is 4.79 Å². The predicted octanol–water partition coefficient (Wildman–Crippen LogP) is 4.66. The zero-order valence-electron chi connectivity index (χ0n) is 10.4. The lowest BCUT2D eigenvalue weighted by Gasteiger charge is -1.95. The van der Waals surface area contributed by atoms with Crippen molar-refractivity contribution in [2.45, 2.75) is 71.6 Å². The second kappa shape index (κ2) is 11.5. The van der Waals surface area contributed by atoms with Crippen LogP contribution in [0.1, 0.15) is 71.6 Å². The molecule has 0 rings (SSSR count). The number of carbonyl (C=O) groups is 1. The van der Waals surface area contributed by atoms with Crippen molar-refractivity contribution in [2.75, 3.05) is 0 Å². The van der Waals surface area contributed by atoms with Gasteiger partial charge in [0, 0.05) is 6.42 Å². The molecule has 0 aromatic rings. The van der Waals surface area contributed by atoms with E-state index in [1.165, 1.54) is 38.5 Å². The van der Waals surface area contributed by atoms with Crippen LogP contribution in [0.5, 0.6) is 0 Å². The van der Waals surface area contributed by atoms with Crippen LogP contribution in [0, 0.1) is 0 Å². The average molecular weight is 210 g/mol. The Hall–Kier alpha value is -0.590. The molecule has 0 saturated carbocycles. The maximum atomic E-state index is 11.3. The van der Waals surface area contributed by atoms with E-state index < -0.39 is 0 Å². The van der Waals surface area contributed by atoms with Gasteiger partial charge in [-0.2, -0.15) is 0 Å². The first-order valence-corrected chi connectivity index (χ1v) is 6.50. The van der Waals surface area contributed by atoms with Crippen molar-refractivity contribution in [1.29, 1.82) is 0 Å². The maximum Gasteiger partial charge on any atom is 0.155 e. The third-order valence-corrected chi connectivity index (χ3v) is 2.55. The van der Waals surface area contributed by atoms with E-state index in [4.69, 9.17) is 0 Å². The van der Waals surface area contributed by atoms with Gasteiger partial charge in [-0.25, -0.2) is 0 Å². The van der Waals surface area contributed by atoms with Crippen LogP contribution in [-0.4, -0.2) is 5.78 Å². The monoisotopic (exact) mass is 210 g/mol. The SMILES string of the molecule is CCCCCC/C=C/C(=O)CCCCC. The van der Waals surface area contributed by atoms with Gasteiger partial charge in [0.15, 0.2) is 5.78 Å². The zero-order valence-corrected chi connectivity index (χ0v) is 10.4. The van der Waals surface area contributed by atoms with E-state index in [0.29, 0.717) is 5.78 Å². The van der Waals surface area contributed by atoms with E-state index in [0.717, 1.165) is 19.3 Å². The smallest absolute Gasteiger partial charge is 0.155 e. The summed E-state index contributed by atoms with van der Waals surface area (Å²) in [6.07, 6.45) is 14.2. The lowest BCUT2D eigenvalue weighted by atomic mass is 10.1. The van der Waals surface area contributed by atoms with Crippen LogP contribution >= 0.6 is 0 Å². The van der Waals surface area contributed by atoms with E-state index in [2.05, 4.69) is 13.8 Å². The van der Waals surface area contributed by atoms with E-state index in [1.54, 1.807) is 6.08 Å². The number of rotatable bonds is 10. The highest BCUT2D eigenvalue weighted by Gasteiger charge is 1.95. The highest BCUT2D eigenvalue weighted by molar-refractivity contribution is 5.89. The van der Waals surface area contributed by atoms with Crippen LogP contribution in [0.4, 0.5) is 0 Å². The molecule has 88 valence electrons. The molecule has 0 aliphatic heterocycles. The molecule has 0 saturated heterocycles. The van der Waals surface area contributed by atoms with Gasteiger partial charge < -0.3 is 0 Å². The van der Waals surface area contributed by atoms with Crippen LogP contribution in [0.2, 0.25) is 0 Å². The number of unbranched alkanes of at least 4 members (excludes halogenated alkanes) is 6. The highest BCUT2D eigenvalue weighted by Crippen LogP contribution is 2.04. The number of ketones is 1. The molecule has 0 radical (unpaired) electrons. The molecule has 0 bridgehead atoms. The van der Waals surface area contributed by atoms with E-state index in [1.807, 2.05) is 6.08 Å². The van der Waals surface area contributed by atoms with Crippen LogP contribution in [0.3, 0.4) is 0 Å². The molecule has 0 amide bonds. The van der Waals surface area contributed by atoms with Crippen LogP contribution in [0.15, 0.2) is 12.2 Å². The minimum atomic E-state index is 0.305. The molecule has 0 spiro atoms. The summed E-state index contributed by atoms with van der Waals surface area (Å²) in [5.74, 6) is 0.305. The van der Waals surface area contributed by atoms with Gasteiger partial charge in [-0.05, 0) is 25.3 Å². The molecule has 0 aliphatic carbocycles. The molecule has 0 atom stereocenters. The Bertz CT molecular complexity index is 170. The first kappa shape index (κ1) is 14.4. The summed E-state index contributed by atoms with van der Waals surface area (Å²) in [5.41, 5.74) is 0. The molecule has 1 nitrogen and oxygen atoms in total. The largest absolute Gasteiger partial charge is 0.295 e. The fourth-order valence-corrected chi connectivity index (χ4v) is 1.54. The minimum Gasteiger partial charge on any atom is -0.295 e. The molecule has 0 aromatic carbocycles. The topological polar surface area (TPSA) is 17.1 Å². The predicted molar refractivity (Wildman–Crippen MR) is 67.0 cm³/mol. The summed E-state index contributed by atoms with van der Waals surface area (Å²) in [4.78, 5) is 11.3. The lowest BCUT2D eigenvalue weighted by molar-refractivity contribution is -0.114. The number of hydrogen-bond acceptors (Lipinski definition) is 1. The van der Waals surface area contributed by atoms with Gasteiger partial charge in [0.05, 0.1) is 0 Å². The summed E-state index contributed by atoms with van der Waals surface area (Å²) in [5, 5.41) is 0. The molecule has 0 aliphatic rings. The molecule has 15 heavy (non-hydrogen) atoms. The van der Waals surface area contributed by atoms with Crippen LogP contribution in [-0.2, 0) is 4.79 Å². The Labute approximate surface area is 95.0 Å². The number of allylic oxidation sites excluding steroid dienone is 2.